The predicted octanol–water partition coefficient (Wildman–Crippen LogP) is 5.86. The second-order valence-electron chi connectivity index (χ2n) is 12.0. The molecule has 1 heterocycles. The van der Waals surface area contributed by atoms with E-state index in [4.69, 9.17) is 9.47 Å². The Labute approximate surface area is 206 Å². The van der Waals surface area contributed by atoms with Crippen LogP contribution < -0.4 is 0 Å². The first kappa shape index (κ1) is 27.0. The molecule has 0 aromatic heterocycles. The molecule has 1 aliphatic heterocycles. The minimum absolute atomic E-state index is 0.0975. The van der Waals surface area contributed by atoms with Gasteiger partial charge in [0.2, 0.25) is 0 Å². The van der Waals surface area contributed by atoms with Crippen LogP contribution in [-0.4, -0.2) is 35.4 Å². The number of aliphatic hydroxyl groups excluding tert-OH is 1. The number of esters is 2. The number of hydrogen-bond acceptors (Lipinski definition) is 5. The van der Waals surface area contributed by atoms with Crippen molar-refractivity contribution < 1.29 is 24.2 Å². The number of hydrogen-bond donors (Lipinski definition) is 1. The summed E-state index contributed by atoms with van der Waals surface area (Å²) < 4.78 is 11.9. The van der Waals surface area contributed by atoms with Crippen molar-refractivity contribution in [1.29, 1.82) is 0 Å². The average Bonchev–Trinajstić information content (AvgIpc) is 2.76. The number of carbonyl (C=O) groups excluding carboxylic acids is 2. The molecule has 34 heavy (non-hydrogen) atoms. The smallest absolute Gasteiger partial charge is 0.311 e. The molecule has 0 aromatic rings. The minimum Gasteiger partial charge on any atom is -0.462 e. The van der Waals surface area contributed by atoms with E-state index in [1.54, 1.807) is 0 Å². The van der Waals surface area contributed by atoms with Crippen LogP contribution in [0.1, 0.15) is 86.5 Å². The molecular weight excluding hydrogens is 428 g/mol. The molecule has 3 rings (SSSR count). The Morgan fingerprint density at radius 3 is 2.62 bits per heavy atom. The van der Waals surface area contributed by atoms with Crippen molar-refractivity contribution in [3.05, 3.63) is 24.3 Å². The molecule has 2 fully saturated rings. The van der Waals surface area contributed by atoms with Crippen molar-refractivity contribution in [3.8, 4) is 0 Å². The first-order valence-corrected chi connectivity index (χ1v) is 13.4. The van der Waals surface area contributed by atoms with Crippen LogP contribution in [0.2, 0.25) is 0 Å². The fourth-order valence-electron chi connectivity index (χ4n) is 5.92. The van der Waals surface area contributed by atoms with Gasteiger partial charge in [-0.3, -0.25) is 9.59 Å². The van der Waals surface area contributed by atoms with E-state index in [1.807, 2.05) is 20.8 Å². The standard InChI is InChI=1S/C29H46O5/c1-7-29(5,6)28(32)34-25-15-20(10-8-18(2)3)14-21-11-9-19(4)24(27(21)25)13-12-23-16-22(30)17-26(31)33-23/h8-11,18-25,27,30H,7,12-17H2,1-6H3/b10-8+/t19-,20-,21-,22+,23+,24-,25-,27-/m0/s1. The number of cyclic esters (lactones) is 1. The highest BCUT2D eigenvalue weighted by Gasteiger charge is 2.46. The van der Waals surface area contributed by atoms with E-state index < -0.39 is 11.5 Å². The summed E-state index contributed by atoms with van der Waals surface area (Å²) in [4.78, 5) is 24.9. The number of rotatable bonds is 8. The summed E-state index contributed by atoms with van der Waals surface area (Å²) in [7, 11) is 0. The summed E-state index contributed by atoms with van der Waals surface area (Å²) in [6.45, 7) is 12.6. The van der Waals surface area contributed by atoms with Crippen LogP contribution >= 0.6 is 0 Å². The Balaban J connectivity index is 1.80. The molecule has 1 saturated heterocycles. The Hall–Kier alpha value is -1.62. The van der Waals surface area contributed by atoms with Crippen LogP contribution in [0, 0.1) is 40.9 Å². The minimum atomic E-state index is -0.601. The van der Waals surface area contributed by atoms with Crippen LogP contribution in [0.4, 0.5) is 0 Å². The molecule has 8 atom stereocenters. The van der Waals surface area contributed by atoms with Gasteiger partial charge in [-0.1, -0.05) is 52.0 Å². The van der Waals surface area contributed by atoms with Gasteiger partial charge in [-0.25, -0.2) is 0 Å². The Bertz CT molecular complexity index is 766. The van der Waals surface area contributed by atoms with Gasteiger partial charge in [0.05, 0.1) is 17.9 Å². The lowest BCUT2D eigenvalue weighted by Gasteiger charge is -2.48. The molecule has 0 unspecified atom stereocenters. The van der Waals surface area contributed by atoms with Crippen molar-refractivity contribution in [2.45, 2.75) is 105 Å². The van der Waals surface area contributed by atoms with Crippen LogP contribution in [0.15, 0.2) is 24.3 Å². The van der Waals surface area contributed by atoms with Crippen molar-refractivity contribution in [3.63, 3.8) is 0 Å². The second-order valence-corrected chi connectivity index (χ2v) is 12.0. The molecule has 1 saturated carbocycles. The van der Waals surface area contributed by atoms with E-state index in [1.165, 1.54) is 0 Å². The third-order valence-corrected chi connectivity index (χ3v) is 8.39. The SMILES string of the molecule is CCC(C)(C)C(=O)O[C@H]1C[C@@H](/C=C/C(C)C)C[C@@H]2C=C[C@H](C)[C@H](CC[C@@H]3C[C@@H](O)CC(=O)O3)[C@@H]12. The molecule has 0 spiro atoms. The van der Waals surface area contributed by atoms with Crippen molar-refractivity contribution >= 4 is 11.9 Å². The zero-order valence-electron chi connectivity index (χ0n) is 22.0. The third kappa shape index (κ3) is 6.74. The third-order valence-electron chi connectivity index (χ3n) is 8.39. The van der Waals surface area contributed by atoms with Crippen molar-refractivity contribution in [2.24, 2.45) is 40.9 Å². The maximum Gasteiger partial charge on any atom is 0.311 e. The molecular formula is C29H46O5. The van der Waals surface area contributed by atoms with Crippen LogP contribution in [0.5, 0.6) is 0 Å². The Morgan fingerprint density at radius 2 is 1.97 bits per heavy atom. The summed E-state index contributed by atoms with van der Waals surface area (Å²) in [5, 5.41) is 10.0. The normalized spacial score (nSPS) is 36.4. The zero-order valence-corrected chi connectivity index (χ0v) is 22.0. The van der Waals surface area contributed by atoms with Crippen LogP contribution in [0.25, 0.3) is 0 Å². The van der Waals surface area contributed by atoms with Crippen molar-refractivity contribution in [1.82, 2.24) is 0 Å². The van der Waals surface area contributed by atoms with Gasteiger partial charge in [-0.15, -0.1) is 0 Å². The van der Waals surface area contributed by atoms with Crippen LogP contribution in [-0.2, 0) is 19.1 Å². The van der Waals surface area contributed by atoms with Crippen LogP contribution in [0.3, 0.4) is 0 Å². The molecule has 5 nitrogen and oxygen atoms in total. The van der Waals surface area contributed by atoms with E-state index in [-0.39, 0.29) is 36.5 Å². The first-order valence-electron chi connectivity index (χ1n) is 13.4. The second kappa shape index (κ2) is 11.4. The largest absolute Gasteiger partial charge is 0.462 e. The van der Waals surface area contributed by atoms with E-state index in [9.17, 15) is 14.7 Å². The van der Waals surface area contributed by atoms with Gasteiger partial charge in [0, 0.05) is 12.3 Å². The molecule has 0 radical (unpaired) electrons. The lowest BCUT2D eigenvalue weighted by Crippen LogP contribution is -2.47. The highest BCUT2D eigenvalue weighted by atomic mass is 16.6. The fraction of sp³-hybridized carbons (Fsp3) is 0.793. The number of ether oxygens (including phenoxy) is 2. The topological polar surface area (TPSA) is 72.8 Å². The Morgan fingerprint density at radius 1 is 1.24 bits per heavy atom. The maximum atomic E-state index is 13.1. The number of carbonyl (C=O) groups is 2. The highest BCUT2D eigenvalue weighted by Crippen LogP contribution is 2.48. The molecule has 0 aromatic carbocycles. The lowest BCUT2D eigenvalue weighted by atomic mass is 9.60. The summed E-state index contributed by atoms with van der Waals surface area (Å²) in [6.07, 6.45) is 13.3. The van der Waals surface area contributed by atoms with Gasteiger partial charge in [-0.05, 0) is 75.5 Å². The van der Waals surface area contributed by atoms with E-state index in [0.29, 0.717) is 36.0 Å². The molecule has 2 aliphatic carbocycles. The maximum absolute atomic E-state index is 13.1. The van der Waals surface area contributed by atoms with E-state index in [2.05, 4.69) is 45.1 Å². The summed E-state index contributed by atoms with van der Waals surface area (Å²) in [6, 6.07) is 0. The Kier molecular flexibility index (Phi) is 9.05. The summed E-state index contributed by atoms with van der Waals surface area (Å²) in [5.74, 6) is 1.87. The van der Waals surface area contributed by atoms with Crippen molar-refractivity contribution in [2.75, 3.05) is 0 Å². The van der Waals surface area contributed by atoms with E-state index in [0.717, 1.165) is 32.1 Å². The molecule has 1 N–H and O–H groups in total. The van der Waals surface area contributed by atoms with Gasteiger partial charge in [0.25, 0.3) is 0 Å². The number of fused-ring (bicyclic) bond motifs is 1. The molecule has 0 amide bonds. The molecule has 5 heteroatoms. The monoisotopic (exact) mass is 474 g/mol. The van der Waals surface area contributed by atoms with Gasteiger partial charge in [0.1, 0.15) is 12.2 Å². The molecule has 192 valence electrons. The summed E-state index contributed by atoms with van der Waals surface area (Å²) in [5.41, 5.74) is -0.492. The van der Waals surface area contributed by atoms with Gasteiger partial charge < -0.3 is 14.6 Å². The quantitative estimate of drug-likeness (QED) is 0.352. The van der Waals surface area contributed by atoms with Gasteiger partial charge in [0.15, 0.2) is 0 Å². The van der Waals surface area contributed by atoms with Gasteiger partial charge in [-0.2, -0.15) is 0 Å². The predicted molar refractivity (Wildman–Crippen MR) is 134 cm³/mol. The van der Waals surface area contributed by atoms with E-state index >= 15 is 0 Å². The van der Waals surface area contributed by atoms with Gasteiger partial charge >= 0.3 is 11.9 Å². The molecule has 0 bridgehead atoms. The average molecular weight is 475 g/mol. The zero-order chi connectivity index (χ0) is 25.0. The number of aliphatic hydroxyl groups is 1. The molecule has 3 aliphatic rings. The lowest BCUT2D eigenvalue weighted by molar-refractivity contribution is -0.170. The number of allylic oxidation sites excluding steroid dienone is 4. The highest BCUT2D eigenvalue weighted by molar-refractivity contribution is 5.76. The fourth-order valence-corrected chi connectivity index (χ4v) is 5.92. The summed E-state index contributed by atoms with van der Waals surface area (Å²) >= 11 is 0. The first-order chi connectivity index (χ1) is 16.0.